The Morgan fingerprint density at radius 3 is 2.42 bits per heavy atom. The lowest BCUT2D eigenvalue weighted by Gasteiger charge is -2.47. The first-order valence-corrected chi connectivity index (χ1v) is 11.4. The molecule has 6 nitrogen and oxygen atoms in total. The zero-order valence-corrected chi connectivity index (χ0v) is 20.2. The molecule has 2 aromatic rings. The molecule has 4 rings (SSSR count). The fourth-order valence-corrected chi connectivity index (χ4v) is 5.25. The van der Waals surface area contributed by atoms with E-state index < -0.39 is 17.8 Å². The van der Waals surface area contributed by atoms with Gasteiger partial charge in [0.15, 0.2) is 0 Å². The van der Waals surface area contributed by atoms with Crippen LogP contribution >= 0.6 is 0 Å². The molecule has 1 fully saturated rings. The van der Waals surface area contributed by atoms with Crippen LogP contribution in [-0.2, 0) is 9.59 Å². The minimum atomic E-state index is -0.729. The molecule has 6 heteroatoms. The molecule has 1 N–H and O–H groups in total. The first kappa shape index (κ1) is 22.8. The summed E-state index contributed by atoms with van der Waals surface area (Å²) in [4.78, 5) is 42.0. The van der Waals surface area contributed by atoms with Crippen molar-refractivity contribution in [2.24, 2.45) is 0 Å². The minimum Gasteiger partial charge on any atom is -0.366 e. The maximum absolute atomic E-state index is 13.3. The van der Waals surface area contributed by atoms with Gasteiger partial charge in [-0.15, -0.1) is 0 Å². The molecule has 1 saturated heterocycles. The van der Waals surface area contributed by atoms with Crippen molar-refractivity contribution in [3.8, 4) is 0 Å². The van der Waals surface area contributed by atoms with Gasteiger partial charge in [-0.2, -0.15) is 0 Å². The molecule has 172 valence electrons. The Morgan fingerprint density at radius 2 is 1.76 bits per heavy atom. The summed E-state index contributed by atoms with van der Waals surface area (Å²) >= 11 is 0. The topological polar surface area (TPSA) is 69.7 Å². The van der Waals surface area contributed by atoms with E-state index in [-0.39, 0.29) is 11.1 Å². The Balaban J connectivity index is 1.79. The molecule has 4 amide bonds. The molecule has 2 heterocycles. The van der Waals surface area contributed by atoms with Crippen molar-refractivity contribution in [3.63, 3.8) is 0 Å². The second-order valence-corrected chi connectivity index (χ2v) is 9.67. The smallest absolute Gasteiger partial charge is 0.335 e. The zero-order valence-electron chi connectivity index (χ0n) is 20.2. The van der Waals surface area contributed by atoms with Gasteiger partial charge in [0.1, 0.15) is 5.57 Å². The molecule has 1 unspecified atom stereocenters. The van der Waals surface area contributed by atoms with Crippen LogP contribution in [0.3, 0.4) is 0 Å². The molecule has 0 radical (unpaired) electrons. The van der Waals surface area contributed by atoms with Gasteiger partial charge in [-0.1, -0.05) is 25.1 Å². The Kier molecular flexibility index (Phi) is 5.64. The molecular formula is C27H31N3O3. The van der Waals surface area contributed by atoms with Gasteiger partial charge in [0.25, 0.3) is 11.8 Å². The molecule has 2 aromatic carbocycles. The molecular weight excluding hydrogens is 414 g/mol. The van der Waals surface area contributed by atoms with Gasteiger partial charge < -0.3 is 4.90 Å². The number of hydrogen-bond acceptors (Lipinski definition) is 4. The van der Waals surface area contributed by atoms with Crippen molar-refractivity contribution in [1.29, 1.82) is 0 Å². The number of benzene rings is 2. The average Bonchev–Trinajstić information content (AvgIpc) is 2.72. The van der Waals surface area contributed by atoms with Crippen LogP contribution in [0.15, 0.2) is 42.0 Å². The molecule has 0 spiro atoms. The summed E-state index contributed by atoms with van der Waals surface area (Å²) < 4.78 is 0. The fraction of sp³-hybridized carbons (Fsp3) is 0.370. The number of urea groups is 1. The van der Waals surface area contributed by atoms with Crippen molar-refractivity contribution in [2.75, 3.05) is 16.3 Å². The number of anilines is 2. The van der Waals surface area contributed by atoms with E-state index in [1.165, 1.54) is 11.3 Å². The van der Waals surface area contributed by atoms with Gasteiger partial charge in [0.05, 0.1) is 5.69 Å². The highest BCUT2D eigenvalue weighted by Gasteiger charge is 2.38. The van der Waals surface area contributed by atoms with E-state index in [1.807, 2.05) is 26.0 Å². The van der Waals surface area contributed by atoms with Crippen LogP contribution in [0.1, 0.15) is 62.3 Å². The summed E-state index contributed by atoms with van der Waals surface area (Å²) in [7, 11) is 0. The summed E-state index contributed by atoms with van der Waals surface area (Å²) in [5.74, 6) is -0.938. The number of imide groups is 2. The van der Waals surface area contributed by atoms with Crippen LogP contribution in [0.25, 0.3) is 6.08 Å². The fourth-order valence-electron chi connectivity index (χ4n) is 5.25. The minimum absolute atomic E-state index is 0.0444. The number of para-hydroxylation sites is 1. The molecule has 1 atom stereocenters. The predicted octanol–water partition coefficient (Wildman–Crippen LogP) is 5.08. The van der Waals surface area contributed by atoms with E-state index in [2.05, 4.69) is 50.0 Å². The maximum Gasteiger partial charge on any atom is 0.335 e. The molecule has 0 saturated carbocycles. The van der Waals surface area contributed by atoms with Crippen molar-refractivity contribution >= 4 is 35.3 Å². The van der Waals surface area contributed by atoms with Crippen LogP contribution < -0.4 is 15.1 Å². The number of nitrogens with one attached hydrogen (secondary N) is 1. The predicted molar refractivity (Wildman–Crippen MR) is 131 cm³/mol. The Morgan fingerprint density at radius 1 is 1.06 bits per heavy atom. The number of barbiturate groups is 1. The number of hydrogen-bond donors (Lipinski definition) is 1. The van der Waals surface area contributed by atoms with Crippen LogP contribution in [0, 0.1) is 13.8 Å². The van der Waals surface area contributed by atoms with E-state index in [9.17, 15) is 14.4 Å². The molecule has 2 aliphatic rings. The maximum atomic E-state index is 13.3. The van der Waals surface area contributed by atoms with Gasteiger partial charge in [0.2, 0.25) is 0 Å². The third kappa shape index (κ3) is 3.84. The van der Waals surface area contributed by atoms with E-state index >= 15 is 0 Å². The van der Waals surface area contributed by atoms with Crippen molar-refractivity contribution in [2.45, 2.75) is 59.4 Å². The lowest BCUT2D eigenvalue weighted by molar-refractivity contribution is -0.122. The van der Waals surface area contributed by atoms with Crippen LogP contribution in [-0.4, -0.2) is 29.9 Å². The lowest BCUT2D eigenvalue weighted by atomic mass is 9.79. The first-order valence-electron chi connectivity index (χ1n) is 11.4. The Labute approximate surface area is 195 Å². The normalized spacial score (nSPS) is 21.3. The molecule has 0 aliphatic carbocycles. The number of amides is 4. The molecule has 33 heavy (non-hydrogen) atoms. The number of rotatable bonds is 3. The van der Waals surface area contributed by atoms with E-state index in [0.717, 1.165) is 34.6 Å². The molecule has 2 aliphatic heterocycles. The van der Waals surface area contributed by atoms with E-state index in [0.29, 0.717) is 11.6 Å². The summed E-state index contributed by atoms with van der Waals surface area (Å²) in [6.07, 6.45) is 2.63. The number of carbonyl (C=O) groups excluding carboxylic acids is 3. The number of nitrogens with zero attached hydrogens (tertiary/aromatic N) is 2. The van der Waals surface area contributed by atoms with E-state index in [1.54, 1.807) is 18.2 Å². The van der Waals surface area contributed by atoms with Gasteiger partial charge >= 0.3 is 6.03 Å². The monoisotopic (exact) mass is 445 g/mol. The Bertz CT molecular complexity index is 1200. The lowest BCUT2D eigenvalue weighted by Crippen LogP contribution is -2.54. The third-order valence-corrected chi connectivity index (χ3v) is 6.85. The molecule has 0 aromatic heterocycles. The highest BCUT2D eigenvalue weighted by molar-refractivity contribution is 6.39. The average molecular weight is 446 g/mol. The number of aryl methyl sites for hydroxylation is 2. The number of fused-ring (bicyclic) bond motifs is 1. The largest absolute Gasteiger partial charge is 0.366 e. The van der Waals surface area contributed by atoms with Crippen LogP contribution in [0.2, 0.25) is 0 Å². The zero-order chi connectivity index (χ0) is 24.1. The SMILES string of the molecule is CCN1c2cc(C)c(/C=C3\C(=O)NC(=O)N(c4ccccc4C)C3=O)cc2C(C)CC1(C)C. The Hall–Kier alpha value is -3.41. The highest BCUT2D eigenvalue weighted by atomic mass is 16.2. The van der Waals surface area contributed by atoms with Gasteiger partial charge in [-0.3, -0.25) is 14.9 Å². The summed E-state index contributed by atoms with van der Waals surface area (Å²) in [5, 5.41) is 2.32. The second-order valence-electron chi connectivity index (χ2n) is 9.67. The summed E-state index contributed by atoms with van der Waals surface area (Å²) in [6, 6.07) is 10.6. The summed E-state index contributed by atoms with van der Waals surface area (Å²) in [6.45, 7) is 13.6. The van der Waals surface area contributed by atoms with E-state index in [4.69, 9.17) is 0 Å². The van der Waals surface area contributed by atoms with Crippen LogP contribution in [0.4, 0.5) is 16.2 Å². The first-order chi connectivity index (χ1) is 15.5. The standard InChI is InChI=1S/C27H31N3O3/c1-7-29-23-12-17(3)19(13-20(23)18(4)15-27(29,5)6)14-21-24(31)28-26(33)30(25(21)32)22-11-9-8-10-16(22)2/h8-14,18H,7,15H2,1-6H3,(H,28,31,33)/b21-14+. The molecule has 0 bridgehead atoms. The summed E-state index contributed by atoms with van der Waals surface area (Å²) in [5.41, 5.74) is 5.46. The number of carbonyl (C=O) groups is 3. The van der Waals surface area contributed by atoms with Gasteiger partial charge in [-0.05, 0) is 93.5 Å². The quantitative estimate of drug-likeness (QED) is 0.528. The van der Waals surface area contributed by atoms with Crippen LogP contribution in [0.5, 0.6) is 0 Å². The van der Waals surface area contributed by atoms with Crippen molar-refractivity contribution in [1.82, 2.24) is 5.32 Å². The van der Waals surface area contributed by atoms with Crippen molar-refractivity contribution in [3.05, 3.63) is 64.2 Å². The van der Waals surface area contributed by atoms with Gasteiger partial charge in [-0.25, -0.2) is 9.69 Å². The second kappa shape index (κ2) is 8.18. The third-order valence-electron chi connectivity index (χ3n) is 6.85. The highest BCUT2D eigenvalue weighted by Crippen LogP contribution is 2.44. The van der Waals surface area contributed by atoms with Crippen molar-refractivity contribution < 1.29 is 14.4 Å². The van der Waals surface area contributed by atoms with Gasteiger partial charge in [0, 0.05) is 17.8 Å².